The Balaban J connectivity index is 1.07. The molecule has 0 aromatic heterocycles. The average molecular weight is 794 g/mol. The van der Waals surface area contributed by atoms with Gasteiger partial charge in [-0.15, -0.1) is 0 Å². The Morgan fingerprint density at radius 2 is 0.758 bits per heavy atom. The van der Waals surface area contributed by atoms with Crippen molar-refractivity contribution < 1.29 is 0 Å². The molecule has 0 aliphatic heterocycles. The van der Waals surface area contributed by atoms with Crippen molar-refractivity contribution >= 4 is 17.1 Å². The minimum atomic E-state index is -0.497. The lowest BCUT2D eigenvalue weighted by atomic mass is 9.68. The Bertz CT molecular complexity index is 3180. The molecule has 0 fully saturated rings. The van der Waals surface area contributed by atoms with Crippen LogP contribution in [0.4, 0.5) is 17.1 Å². The van der Waals surface area contributed by atoms with E-state index in [1.54, 1.807) is 0 Å². The molecular weight excluding hydrogens is 747 g/mol. The van der Waals surface area contributed by atoms with Gasteiger partial charge in [0, 0.05) is 27.8 Å². The van der Waals surface area contributed by atoms with E-state index >= 15 is 0 Å². The molecule has 0 unspecified atom stereocenters. The van der Waals surface area contributed by atoms with Crippen LogP contribution in [0.15, 0.2) is 212 Å². The van der Waals surface area contributed by atoms with Gasteiger partial charge in [0.15, 0.2) is 0 Å². The maximum atomic E-state index is 2.52. The Morgan fingerprint density at radius 1 is 0.306 bits per heavy atom. The van der Waals surface area contributed by atoms with E-state index in [2.05, 4.69) is 245 Å². The van der Waals surface area contributed by atoms with Gasteiger partial charge < -0.3 is 4.90 Å². The van der Waals surface area contributed by atoms with E-state index in [4.69, 9.17) is 0 Å². The highest BCUT2D eigenvalue weighted by Crippen LogP contribution is 2.60. The van der Waals surface area contributed by atoms with Crippen LogP contribution >= 0.6 is 0 Å². The second-order valence-corrected chi connectivity index (χ2v) is 18.4. The van der Waals surface area contributed by atoms with Crippen molar-refractivity contribution in [2.24, 2.45) is 0 Å². The van der Waals surface area contributed by atoms with Crippen molar-refractivity contribution in [2.75, 3.05) is 4.90 Å². The first-order valence-corrected chi connectivity index (χ1v) is 22.0. The molecule has 0 heterocycles. The number of anilines is 3. The molecular formula is C61H47N. The molecule has 0 atom stereocenters. The van der Waals surface area contributed by atoms with E-state index in [9.17, 15) is 0 Å². The van der Waals surface area contributed by atoms with E-state index < -0.39 is 5.41 Å². The molecule has 62 heavy (non-hydrogen) atoms. The number of nitrogens with zero attached hydrogens (tertiary/aromatic N) is 1. The van der Waals surface area contributed by atoms with Crippen LogP contribution in [0.3, 0.4) is 0 Å². The molecule has 9 aromatic carbocycles. The number of hydrogen-bond donors (Lipinski definition) is 0. The number of benzene rings is 9. The topological polar surface area (TPSA) is 3.24 Å². The fraction of sp³-hybridized carbons (Fsp3) is 0.115. The third-order valence-electron chi connectivity index (χ3n) is 14.6. The molecule has 0 spiro atoms. The SMILES string of the molecule is CC1(C)c2ccccc2-c2ccc(-c3ccc(N(c4ccc5c(c4)C(C)(C)c4ccccc4-5)c4cccc5c4-c4ccccc4C5(c4ccccc4)c4ccccc4)cc3)cc21. The van der Waals surface area contributed by atoms with Crippen LogP contribution in [0.25, 0.3) is 44.5 Å². The van der Waals surface area contributed by atoms with Gasteiger partial charge in [0.2, 0.25) is 0 Å². The number of fused-ring (bicyclic) bond motifs is 9. The van der Waals surface area contributed by atoms with Gasteiger partial charge in [-0.05, 0) is 120 Å². The van der Waals surface area contributed by atoms with E-state index in [0.717, 1.165) is 11.4 Å². The van der Waals surface area contributed by atoms with Crippen LogP contribution in [0.5, 0.6) is 0 Å². The Labute approximate surface area is 365 Å². The van der Waals surface area contributed by atoms with Crippen LogP contribution in [0.2, 0.25) is 0 Å². The fourth-order valence-corrected chi connectivity index (χ4v) is 11.6. The van der Waals surface area contributed by atoms with Crippen molar-refractivity contribution in [3.63, 3.8) is 0 Å². The average Bonchev–Trinajstić information content (AvgIpc) is 3.85. The number of hydrogen-bond acceptors (Lipinski definition) is 1. The van der Waals surface area contributed by atoms with Crippen LogP contribution < -0.4 is 4.90 Å². The summed E-state index contributed by atoms with van der Waals surface area (Å²) in [5.74, 6) is 0. The third-order valence-corrected chi connectivity index (χ3v) is 14.6. The molecule has 0 bridgehead atoms. The summed E-state index contributed by atoms with van der Waals surface area (Å²) in [5, 5.41) is 0. The van der Waals surface area contributed by atoms with Crippen LogP contribution in [0.1, 0.15) is 72.2 Å². The second kappa shape index (κ2) is 13.4. The molecule has 3 aliphatic carbocycles. The van der Waals surface area contributed by atoms with E-state index in [-0.39, 0.29) is 10.8 Å². The summed E-state index contributed by atoms with van der Waals surface area (Å²) in [7, 11) is 0. The Morgan fingerprint density at radius 3 is 1.37 bits per heavy atom. The van der Waals surface area contributed by atoms with Crippen LogP contribution in [-0.2, 0) is 16.2 Å². The first-order valence-electron chi connectivity index (χ1n) is 22.0. The minimum absolute atomic E-state index is 0.0572. The van der Waals surface area contributed by atoms with Gasteiger partial charge in [-0.2, -0.15) is 0 Å². The third kappa shape index (κ3) is 5.03. The quantitative estimate of drug-likeness (QED) is 0.162. The first kappa shape index (κ1) is 36.6. The predicted octanol–water partition coefficient (Wildman–Crippen LogP) is 15.8. The maximum absolute atomic E-state index is 2.52. The summed E-state index contributed by atoms with van der Waals surface area (Å²) in [6.45, 7) is 9.47. The minimum Gasteiger partial charge on any atom is -0.310 e. The van der Waals surface area contributed by atoms with Gasteiger partial charge in [-0.1, -0.05) is 204 Å². The van der Waals surface area contributed by atoms with Gasteiger partial charge in [-0.25, -0.2) is 0 Å². The zero-order valence-electron chi connectivity index (χ0n) is 35.7. The zero-order valence-corrected chi connectivity index (χ0v) is 35.7. The second-order valence-electron chi connectivity index (χ2n) is 18.4. The summed E-state index contributed by atoms with van der Waals surface area (Å²) < 4.78 is 0. The summed E-state index contributed by atoms with van der Waals surface area (Å²) >= 11 is 0. The van der Waals surface area contributed by atoms with Gasteiger partial charge in [0.25, 0.3) is 0 Å². The molecule has 296 valence electrons. The molecule has 3 aliphatic rings. The summed E-state index contributed by atoms with van der Waals surface area (Å²) in [6, 6.07) is 79.7. The molecule has 0 saturated carbocycles. The lowest BCUT2D eigenvalue weighted by Gasteiger charge is -2.34. The van der Waals surface area contributed by atoms with Crippen LogP contribution in [-0.4, -0.2) is 0 Å². The molecule has 1 heteroatoms. The lowest BCUT2D eigenvalue weighted by Crippen LogP contribution is -2.28. The Kier molecular flexibility index (Phi) is 7.91. The maximum Gasteiger partial charge on any atom is 0.0714 e. The monoisotopic (exact) mass is 793 g/mol. The van der Waals surface area contributed by atoms with Crippen LogP contribution in [0, 0.1) is 0 Å². The van der Waals surface area contributed by atoms with E-state index in [0.29, 0.717) is 0 Å². The highest BCUT2D eigenvalue weighted by atomic mass is 15.1. The number of rotatable bonds is 6. The van der Waals surface area contributed by atoms with E-state index in [1.165, 1.54) is 94.7 Å². The molecule has 1 nitrogen and oxygen atoms in total. The Hall–Kier alpha value is -7.22. The highest BCUT2D eigenvalue weighted by Gasteiger charge is 2.47. The molecule has 9 aromatic rings. The predicted molar refractivity (Wildman–Crippen MR) is 259 cm³/mol. The van der Waals surface area contributed by atoms with Crippen molar-refractivity contribution in [1.29, 1.82) is 0 Å². The first-order chi connectivity index (χ1) is 30.3. The highest BCUT2D eigenvalue weighted by molar-refractivity contribution is 5.98. The lowest BCUT2D eigenvalue weighted by molar-refractivity contribution is 0.660. The molecule has 0 amide bonds. The smallest absolute Gasteiger partial charge is 0.0714 e. The summed E-state index contributed by atoms with van der Waals surface area (Å²) in [5.41, 5.74) is 23.8. The standard InChI is InChI=1S/C61H47N/c1-59(2)51-25-14-11-22-46(51)48-36-32-41(38-55(48)59)40-30-33-44(34-31-40)62(45-35-37-49-47-23-12-15-26-52(47)60(3,4)56(49)39-45)57-29-17-28-54-58(57)50-24-13-16-27-53(50)61(54,42-18-7-5-8-19-42)43-20-9-6-10-21-43/h5-39H,1-4H3. The summed E-state index contributed by atoms with van der Waals surface area (Å²) in [4.78, 5) is 2.52. The van der Waals surface area contributed by atoms with Crippen molar-refractivity contribution in [1.82, 2.24) is 0 Å². The molecule has 12 rings (SSSR count). The van der Waals surface area contributed by atoms with Gasteiger partial charge in [0.05, 0.1) is 11.1 Å². The van der Waals surface area contributed by atoms with E-state index in [1.807, 2.05) is 0 Å². The van der Waals surface area contributed by atoms with Gasteiger partial charge >= 0.3 is 0 Å². The fourth-order valence-electron chi connectivity index (χ4n) is 11.6. The van der Waals surface area contributed by atoms with Crippen molar-refractivity contribution in [2.45, 2.75) is 43.9 Å². The largest absolute Gasteiger partial charge is 0.310 e. The van der Waals surface area contributed by atoms with Gasteiger partial charge in [-0.3, -0.25) is 0 Å². The molecule has 0 radical (unpaired) electrons. The molecule has 0 N–H and O–H groups in total. The van der Waals surface area contributed by atoms with Crippen molar-refractivity contribution in [3.05, 3.63) is 257 Å². The molecule has 0 saturated heterocycles. The zero-order chi connectivity index (χ0) is 41.8. The van der Waals surface area contributed by atoms with Gasteiger partial charge in [0.1, 0.15) is 0 Å². The summed E-state index contributed by atoms with van der Waals surface area (Å²) in [6.07, 6.45) is 0. The van der Waals surface area contributed by atoms with Crippen molar-refractivity contribution in [3.8, 4) is 44.5 Å². The normalized spacial score (nSPS) is 15.2.